The normalized spacial score (nSPS) is 21.3. The van der Waals surface area contributed by atoms with Crippen LogP contribution >= 0.6 is 7.82 Å². The van der Waals surface area contributed by atoms with Crippen LogP contribution in [0.4, 0.5) is 0 Å². The molecule has 1 saturated heterocycles. The summed E-state index contributed by atoms with van der Waals surface area (Å²) in [5.41, 5.74) is 0. The zero-order valence-electron chi connectivity index (χ0n) is 18.5. The average molecular weight is 452 g/mol. The van der Waals surface area contributed by atoms with E-state index in [4.69, 9.17) is 9.05 Å². The van der Waals surface area contributed by atoms with E-state index in [1.165, 1.54) is 4.90 Å². The van der Waals surface area contributed by atoms with Crippen LogP contribution in [0.5, 0.6) is 0 Å². The van der Waals surface area contributed by atoms with Crippen LogP contribution in [-0.2, 0) is 23.2 Å². The average Bonchev–Trinajstić information content (AvgIpc) is 2.99. The first-order valence-corrected chi connectivity index (χ1v) is 12.1. The number of rotatable bonds is 14. The number of phosphoric acid groups is 1. The minimum absolute atomic E-state index is 0.0965. The third-order valence-corrected chi connectivity index (χ3v) is 5.67. The quantitative estimate of drug-likeness (QED) is 0.228. The number of phosphoric ester groups is 1. The Morgan fingerprint density at radius 2 is 1.87 bits per heavy atom. The van der Waals surface area contributed by atoms with Crippen LogP contribution in [0.3, 0.4) is 0 Å². The Labute approximate surface area is 179 Å². The van der Waals surface area contributed by atoms with Gasteiger partial charge in [0, 0.05) is 32.0 Å². The number of aliphatic hydroxyl groups excluding tert-OH is 1. The van der Waals surface area contributed by atoms with Gasteiger partial charge in [-0.1, -0.05) is 13.8 Å². The first-order valence-electron chi connectivity index (χ1n) is 10.6. The van der Waals surface area contributed by atoms with Crippen molar-refractivity contribution in [3.05, 3.63) is 0 Å². The van der Waals surface area contributed by atoms with Crippen molar-refractivity contribution in [2.45, 2.75) is 84.1 Å². The number of carbonyl (C=O) groups excluding carboxylic acids is 2. The lowest BCUT2D eigenvalue weighted by molar-refractivity contribution is -0.133. The van der Waals surface area contributed by atoms with Gasteiger partial charge in [-0.3, -0.25) is 18.6 Å². The molecule has 0 radical (unpaired) electrons. The predicted molar refractivity (Wildman–Crippen MR) is 113 cm³/mol. The highest BCUT2D eigenvalue weighted by Gasteiger charge is 2.36. The van der Waals surface area contributed by atoms with Crippen molar-refractivity contribution in [1.82, 2.24) is 15.5 Å². The molecule has 11 heteroatoms. The van der Waals surface area contributed by atoms with Crippen molar-refractivity contribution < 1.29 is 33.2 Å². The fourth-order valence-electron chi connectivity index (χ4n) is 3.17. The number of aliphatic hydroxyl groups is 1. The van der Waals surface area contributed by atoms with Crippen LogP contribution in [0.1, 0.15) is 59.8 Å². The molecule has 0 bridgehead atoms. The predicted octanol–water partition coefficient (Wildman–Crippen LogP) is 1.16. The number of likely N-dealkylation sites (tertiary alicyclic amines) is 1. The van der Waals surface area contributed by atoms with Gasteiger partial charge in [0.05, 0.1) is 24.9 Å². The van der Waals surface area contributed by atoms with Crippen molar-refractivity contribution in [2.75, 3.05) is 26.2 Å². The molecule has 0 aromatic rings. The van der Waals surface area contributed by atoms with Gasteiger partial charge in [-0.05, 0) is 39.7 Å². The number of amides is 2. The Morgan fingerprint density at radius 3 is 2.50 bits per heavy atom. The van der Waals surface area contributed by atoms with E-state index in [-0.39, 0.29) is 44.2 Å². The Morgan fingerprint density at radius 1 is 1.17 bits per heavy atom. The summed E-state index contributed by atoms with van der Waals surface area (Å²) in [5, 5.41) is 16.0. The molecular formula is C19H38N3O7P. The summed E-state index contributed by atoms with van der Waals surface area (Å²) in [6, 6.07) is -0.0943. The SMILES string of the molecule is CC(C)NCCCNC(=O)CCCC(=O)N1C[C@H](O)C[C@H]1COP(=O)(O)OC(C)C. The van der Waals surface area contributed by atoms with Gasteiger partial charge in [-0.15, -0.1) is 0 Å². The summed E-state index contributed by atoms with van der Waals surface area (Å²) < 4.78 is 21.7. The smallest absolute Gasteiger partial charge is 0.391 e. The van der Waals surface area contributed by atoms with Crippen LogP contribution in [0.2, 0.25) is 0 Å². The molecule has 0 aliphatic carbocycles. The highest BCUT2D eigenvalue weighted by molar-refractivity contribution is 7.47. The number of hydrogen-bond donors (Lipinski definition) is 4. The van der Waals surface area contributed by atoms with Crippen LogP contribution in [0.15, 0.2) is 0 Å². The molecule has 10 nitrogen and oxygen atoms in total. The van der Waals surface area contributed by atoms with Gasteiger partial charge in [0.2, 0.25) is 11.8 Å². The van der Waals surface area contributed by atoms with Crippen LogP contribution in [-0.4, -0.2) is 77.2 Å². The van der Waals surface area contributed by atoms with Gasteiger partial charge < -0.3 is 25.5 Å². The molecular weight excluding hydrogens is 413 g/mol. The van der Waals surface area contributed by atoms with Crippen molar-refractivity contribution in [3.8, 4) is 0 Å². The molecule has 4 N–H and O–H groups in total. The third-order valence-electron chi connectivity index (χ3n) is 4.51. The van der Waals surface area contributed by atoms with E-state index in [1.807, 2.05) is 0 Å². The van der Waals surface area contributed by atoms with Crippen molar-refractivity contribution in [1.29, 1.82) is 0 Å². The highest BCUT2D eigenvalue weighted by atomic mass is 31.2. The maximum atomic E-state index is 12.5. The topological polar surface area (TPSA) is 137 Å². The van der Waals surface area contributed by atoms with E-state index in [0.717, 1.165) is 13.0 Å². The molecule has 0 saturated carbocycles. The van der Waals surface area contributed by atoms with E-state index < -0.39 is 26.1 Å². The molecule has 1 heterocycles. The van der Waals surface area contributed by atoms with Gasteiger partial charge in [-0.2, -0.15) is 0 Å². The Kier molecular flexibility index (Phi) is 12.1. The molecule has 0 aromatic carbocycles. The second-order valence-corrected chi connectivity index (χ2v) is 9.58. The molecule has 1 aliphatic rings. The lowest BCUT2D eigenvalue weighted by Gasteiger charge is -2.25. The molecule has 0 spiro atoms. The minimum atomic E-state index is -4.21. The lowest BCUT2D eigenvalue weighted by Crippen LogP contribution is -2.38. The summed E-state index contributed by atoms with van der Waals surface area (Å²) >= 11 is 0. The van der Waals surface area contributed by atoms with Crippen molar-refractivity contribution >= 4 is 19.6 Å². The van der Waals surface area contributed by atoms with Gasteiger partial charge >= 0.3 is 7.82 Å². The lowest BCUT2D eigenvalue weighted by atomic mass is 10.2. The molecule has 30 heavy (non-hydrogen) atoms. The van der Waals surface area contributed by atoms with E-state index in [2.05, 4.69) is 24.5 Å². The van der Waals surface area contributed by atoms with Gasteiger partial charge in [0.15, 0.2) is 0 Å². The van der Waals surface area contributed by atoms with Gasteiger partial charge in [-0.25, -0.2) is 4.57 Å². The molecule has 0 aromatic heterocycles. The van der Waals surface area contributed by atoms with Crippen LogP contribution < -0.4 is 10.6 Å². The molecule has 1 rings (SSSR count). The first kappa shape index (κ1) is 27.0. The first-order chi connectivity index (χ1) is 14.0. The highest BCUT2D eigenvalue weighted by Crippen LogP contribution is 2.45. The summed E-state index contributed by atoms with van der Waals surface area (Å²) in [4.78, 5) is 35.5. The molecule has 2 amide bonds. The van der Waals surface area contributed by atoms with Crippen LogP contribution in [0.25, 0.3) is 0 Å². The van der Waals surface area contributed by atoms with E-state index in [0.29, 0.717) is 19.0 Å². The maximum Gasteiger partial charge on any atom is 0.472 e. The minimum Gasteiger partial charge on any atom is -0.391 e. The summed E-state index contributed by atoms with van der Waals surface area (Å²) in [5.74, 6) is -0.313. The molecule has 1 fully saturated rings. The number of nitrogens with zero attached hydrogens (tertiary/aromatic N) is 1. The standard InChI is InChI=1S/C19H38N3O7P/c1-14(2)20-9-6-10-21-18(24)7-5-8-19(25)22-12-17(23)11-16(22)13-28-30(26,27)29-15(3)4/h14-17,20,23H,5-13H2,1-4H3,(H,21,24)(H,26,27)/t16-,17+/m0/s1. The zero-order chi connectivity index (χ0) is 22.7. The largest absolute Gasteiger partial charge is 0.472 e. The Bertz CT molecular complexity index is 588. The van der Waals surface area contributed by atoms with Crippen molar-refractivity contribution in [3.63, 3.8) is 0 Å². The fraction of sp³-hybridized carbons (Fsp3) is 0.895. The van der Waals surface area contributed by atoms with Gasteiger partial charge in [0.1, 0.15) is 0 Å². The fourth-order valence-corrected chi connectivity index (χ4v) is 4.13. The summed E-state index contributed by atoms with van der Waals surface area (Å²) in [6.07, 6.45) is 0.702. The van der Waals surface area contributed by atoms with Gasteiger partial charge in [0.25, 0.3) is 0 Å². The molecule has 1 unspecified atom stereocenters. The van der Waals surface area contributed by atoms with Crippen LogP contribution in [0, 0.1) is 0 Å². The second-order valence-electron chi connectivity index (χ2n) is 8.17. The monoisotopic (exact) mass is 451 g/mol. The third kappa shape index (κ3) is 11.4. The zero-order valence-corrected chi connectivity index (χ0v) is 19.4. The van der Waals surface area contributed by atoms with E-state index in [1.54, 1.807) is 13.8 Å². The number of carbonyl (C=O) groups is 2. The van der Waals surface area contributed by atoms with E-state index >= 15 is 0 Å². The Balaban J connectivity index is 2.33. The number of β-amino-alcohol motifs (C(OH)–C–C–N with tert-alkyl or cyclic N) is 1. The summed E-state index contributed by atoms with van der Waals surface area (Å²) in [6.45, 7) is 8.71. The maximum absolute atomic E-state index is 12.5. The summed E-state index contributed by atoms with van der Waals surface area (Å²) in [7, 11) is -4.21. The number of hydrogen-bond acceptors (Lipinski definition) is 7. The van der Waals surface area contributed by atoms with Crippen molar-refractivity contribution in [2.24, 2.45) is 0 Å². The van der Waals surface area contributed by atoms with E-state index in [9.17, 15) is 24.2 Å². The number of nitrogens with one attached hydrogen (secondary N) is 2. The second kappa shape index (κ2) is 13.4. The molecule has 3 atom stereocenters. The molecule has 1 aliphatic heterocycles. The Hall–Kier alpha value is -1.03. The molecule has 176 valence electrons.